The molecular formula is C31H40N4O7S. The number of amides is 2. The third-order valence-corrected chi connectivity index (χ3v) is 10.6. The first-order chi connectivity index (χ1) is 20.5. The number of nitrogens with zero attached hydrogens (tertiary/aromatic N) is 2. The maximum atomic E-state index is 13.7. The highest BCUT2D eigenvalue weighted by Gasteiger charge is 2.44. The van der Waals surface area contributed by atoms with E-state index in [1.807, 2.05) is 12.1 Å². The highest BCUT2D eigenvalue weighted by atomic mass is 32.2. The molecule has 7 rings (SSSR count). The average molecular weight is 613 g/mol. The molecular weight excluding hydrogens is 572 g/mol. The van der Waals surface area contributed by atoms with Crippen LogP contribution in [0, 0.1) is 11.3 Å². The zero-order valence-electron chi connectivity index (χ0n) is 24.7. The fraction of sp³-hybridized carbons (Fsp3) is 0.548. The number of hydrogen-bond acceptors (Lipinski definition) is 7. The predicted octanol–water partition coefficient (Wildman–Crippen LogP) is 2.71. The number of hydrogen-bond donors (Lipinski definition) is 2. The largest absolute Gasteiger partial charge is 0.493 e. The van der Waals surface area contributed by atoms with Crippen molar-refractivity contribution in [1.82, 2.24) is 19.2 Å². The number of carbonyl (C=O) groups excluding carboxylic acids is 2. The minimum absolute atomic E-state index is 0.0797. The molecule has 5 aliphatic rings. The third kappa shape index (κ3) is 7.25. The summed E-state index contributed by atoms with van der Waals surface area (Å²) >= 11 is 0. The number of nitrogens with one attached hydrogen (secondary N) is 2. The summed E-state index contributed by atoms with van der Waals surface area (Å²) in [5.74, 6) is 1.14. The van der Waals surface area contributed by atoms with Gasteiger partial charge in [0, 0.05) is 37.8 Å². The van der Waals surface area contributed by atoms with Crippen molar-refractivity contribution in [3.8, 4) is 17.2 Å². The van der Waals surface area contributed by atoms with E-state index in [1.165, 1.54) is 4.31 Å². The Morgan fingerprint density at radius 2 is 1.72 bits per heavy atom. The Labute approximate surface area is 253 Å². The van der Waals surface area contributed by atoms with Crippen molar-refractivity contribution in [3.05, 3.63) is 53.6 Å². The summed E-state index contributed by atoms with van der Waals surface area (Å²) in [6.07, 6.45) is 3.19. The molecule has 3 fully saturated rings. The van der Waals surface area contributed by atoms with Crippen LogP contribution in [0.25, 0.3) is 0 Å². The fourth-order valence-electron chi connectivity index (χ4n) is 5.55. The molecule has 2 aromatic rings. The molecule has 0 spiro atoms. The number of ether oxygens (including phenoxy) is 3. The highest BCUT2D eigenvalue weighted by molar-refractivity contribution is 7.86. The molecule has 4 aliphatic heterocycles. The molecule has 0 unspecified atom stereocenters. The lowest BCUT2D eigenvalue weighted by Gasteiger charge is -2.37. The van der Waals surface area contributed by atoms with Crippen molar-refractivity contribution >= 4 is 22.0 Å². The summed E-state index contributed by atoms with van der Waals surface area (Å²) < 4.78 is 48.4. The van der Waals surface area contributed by atoms with Crippen LogP contribution >= 0.6 is 0 Å². The lowest BCUT2D eigenvalue weighted by atomic mass is 9.83. The van der Waals surface area contributed by atoms with E-state index in [4.69, 9.17) is 14.2 Å². The van der Waals surface area contributed by atoms with Gasteiger partial charge in [0.25, 0.3) is 22.0 Å². The second kappa shape index (κ2) is 12.0. The van der Waals surface area contributed by atoms with E-state index in [-0.39, 0.29) is 36.6 Å². The Hall–Kier alpha value is -3.35. The molecule has 0 aromatic heterocycles. The van der Waals surface area contributed by atoms with E-state index in [9.17, 15) is 18.0 Å². The van der Waals surface area contributed by atoms with E-state index in [0.717, 1.165) is 31.2 Å². The van der Waals surface area contributed by atoms with Gasteiger partial charge in [-0.1, -0.05) is 26.0 Å². The fourth-order valence-corrected chi connectivity index (χ4v) is 7.21. The number of carbonyl (C=O) groups is 2. The van der Waals surface area contributed by atoms with Crippen molar-refractivity contribution in [3.63, 3.8) is 0 Å². The van der Waals surface area contributed by atoms with Gasteiger partial charge in [0.15, 0.2) is 6.61 Å². The number of rotatable bonds is 5. The molecule has 12 heteroatoms. The van der Waals surface area contributed by atoms with Crippen LogP contribution in [0.5, 0.6) is 17.2 Å². The van der Waals surface area contributed by atoms with Gasteiger partial charge < -0.3 is 24.8 Å². The zero-order valence-corrected chi connectivity index (χ0v) is 25.5. The van der Waals surface area contributed by atoms with Crippen LogP contribution in [0.15, 0.2) is 42.5 Å². The Morgan fingerprint density at radius 3 is 2.44 bits per heavy atom. The first kappa shape index (κ1) is 29.7. The molecule has 2 saturated heterocycles. The maximum Gasteiger partial charge on any atom is 0.282 e. The van der Waals surface area contributed by atoms with Gasteiger partial charge in [0.05, 0.1) is 19.2 Å². The molecule has 2 aromatic carbocycles. The second-order valence-electron chi connectivity index (χ2n) is 12.8. The van der Waals surface area contributed by atoms with Crippen LogP contribution in [0.1, 0.15) is 55.5 Å². The Kier molecular flexibility index (Phi) is 8.27. The summed E-state index contributed by atoms with van der Waals surface area (Å²) in [5, 5.41) is 5.86. The van der Waals surface area contributed by atoms with Crippen molar-refractivity contribution in [2.75, 3.05) is 39.4 Å². The maximum absolute atomic E-state index is 13.7. The van der Waals surface area contributed by atoms with Crippen LogP contribution in [0.3, 0.4) is 0 Å². The first-order valence-electron chi connectivity index (χ1n) is 15.0. The summed E-state index contributed by atoms with van der Waals surface area (Å²) in [7, 11) is -3.75. The van der Waals surface area contributed by atoms with Crippen molar-refractivity contribution in [1.29, 1.82) is 0 Å². The number of piperidine rings is 1. The van der Waals surface area contributed by atoms with Crippen LogP contribution in [-0.2, 0) is 21.5 Å². The van der Waals surface area contributed by atoms with Crippen LogP contribution < -0.4 is 24.8 Å². The van der Waals surface area contributed by atoms with Gasteiger partial charge in [-0.3, -0.25) is 9.59 Å². The SMILES string of the molecule is CC1(C)CCN(S(=O)(=O)N2C[C@@H]3NC(=O)c4cc(cc(OCC5CC5)c4)OCC(=O)NCc4ccc(cc4)O[C@H]3C2)CC1. The van der Waals surface area contributed by atoms with Crippen molar-refractivity contribution in [2.45, 2.75) is 58.2 Å². The van der Waals surface area contributed by atoms with E-state index >= 15 is 0 Å². The molecule has 1 aliphatic carbocycles. The van der Waals surface area contributed by atoms with Crippen molar-refractivity contribution < 1.29 is 32.2 Å². The van der Waals surface area contributed by atoms with E-state index in [1.54, 1.807) is 34.6 Å². The third-order valence-electron chi connectivity index (χ3n) is 8.67. The number of benzene rings is 2. The zero-order chi connectivity index (χ0) is 30.2. The van der Waals surface area contributed by atoms with Crippen LogP contribution in [0.4, 0.5) is 0 Å². The monoisotopic (exact) mass is 612 g/mol. The molecule has 2 N–H and O–H groups in total. The van der Waals surface area contributed by atoms with Crippen LogP contribution in [-0.4, -0.2) is 80.4 Å². The molecule has 2 atom stereocenters. The molecule has 0 radical (unpaired) electrons. The van der Waals surface area contributed by atoms with Gasteiger partial charge in [-0.15, -0.1) is 0 Å². The predicted molar refractivity (Wildman–Crippen MR) is 159 cm³/mol. The lowest BCUT2D eigenvalue weighted by Crippen LogP contribution is -2.48. The Morgan fingerprint density at radius 1 is 0.977 bits per heavy atom. The molecule has 1 saturated carbocycles. The summed E-state index contributed by atoms with van der Waals surface area (Å²) in [5.41, 5.74) is 1.26. The smallest absolute Gasteiger partial charge is 0.282 e. The average Bonchev–Trinajstić information content (AvgIpc) is 3.73. The standard InChI is InChI=1S/C31H40N4O7S/c1-31(2)9-11-34(12-10-31)43(38,39)35-17-27-28(18-35)42-24-7-5-21(6-8-24)16-32-29(36)20-41-26-14-23(30(37)33-27)13-25(15-26)40-19-22-3-4-22/h5-8,13-15,22,27-28H,3-4,9-12,16-20H2,1-2H3,(H,32,36)(H,33,37)/t27-,28-/m0/s1. The van der Waals surface area contributed by atoms with E-state index in [0.29, 0.717) is 49.4 Å². The van der Waals surface area contributed by atoms with Gasteiger partial charge in [-0.2, -0.15) is 17.0 Å². The normalized spacial score (nSPS) is 25.1. The quantitative estimate of drug-likeness (QED) is 0.532. The molecule has 2 amide bonds. The Balaban J connectivity index is 1.27. The second-order valence-corrected chi connectivity index (χ2v) is 14.7. The van der Waals surface area contributed by atoms with E-state index < -0.39 is 28.3 Å². The summed E-state index contributed by atoms with van der Waals surface area (Å²) in [6, 6.07) is 11.5. The molecule has 4 heterocycles. The first-order valence-corrected chi connectivity index (χ1v) is 16.4. The van der Waals surface area contributed by atoms with Gasteiger partial charge in [0.1, 0.15) is 23.4 Å². The lowest BCUT2D eigenvalue weighted by molar-refractivity contribution is -0.123. The minimum Gasteiger partial charge on any atom is -0.493 e. The van der Waals surface area contributed by atoms with Crippen molar-refractivity contribution in [2.24, 2.45) is 11.3 Å². The molecule has 43 heavy (non-hydrogen) atoms. The summed E-state index contributed by atoms with van der Waals surface area (Å²) in [6.45, 7) is 6.05. The van der Waals surface area contributed by atoms with Crippen LogP contribution in [0.2, 0.25) is 0 Å². The minimum atomic E-state index is -3.75. The molecule has 11 nitrogen and oxygen atoms in total. The van der Waals surface area contributed by atoms with Gasteiger partial charge in [0.2, 0.25) is 0 Å². The topological polar surface area (TPSA) is 127 Å². The molecule has 4 bridgehead atoms. The summed E-state index contributed by atoms with van der Waals surface area (Å²) in [4.78, 5) is 26.1. The number of fused-ring (bicyclic) bond motifs is 7. The Bertz CT molecular complexity index is 1450. The molecule has 232 valence electrons. The van der Waals surface area contributed by atoms with Gasteiger partial charge in [-0.25, -0.2) is 0 Å². The van der Waals surface area contributed by atoms with Gasteiger partial charge >= 0.3 is 0 Å². The van der Waals surface area contributed by atoms with E-state index in [2.05, 4.69) is 24.5 Å². The van der Waals surface area contributed by atoms with Gasteiger partial charge in [-0.05, 0) is 66.8 Å². The highest BCUT2D eigenvalue weighted by Crippen LogP contribution is 2.33.